The van der Waals surface area contributed by atoms with Gasteiger partial charge < -0.3 is 14.3 Å². The van der Waals surface area contributed by atoms with Crippen molar-refractivity contribution in [2.75, 3.05) is 18.1 Å². The summed E-state index contributed by atoms with van der Waals surface area (Å²) in [7, 11) is -3.01. The van der Waals surface area contributed by atoms with Crippen molar-refractivity contribution in [3.05, 3.63) is 166 Å². The summed E-state index contributed by atoms with van der Waals surface area (Å²) in [6, 6.07) is 39.4. The molecule has 0 spiro atoms. The summed E-state index contributed by atoms with van der Waals surface area (Å²) in [5, 5.41) is 23.6. The number of imide groups is 1. The van der Waals surface area contributed by atoms with Crippen LogP contribution in [0.25, 0.3) is 11.6 Å². The molecule has 3 heterocycles. The normalized spacial score (nSPS) is 20.8. The molecule has 0 unspecified atom stereocenters. The van der Waals surface area contributed by atoms with Gasteiger partial charge in [0.25, 0.3) is 14.0 Å². The number of nitro groups is 1. The smallest absolute Gasteiger partial charge is 0.271 e. The predicted molar refractivity (Wildman–Crippen MR) is 230 cm³/mol. The number of benzene rings is 4. The summed E-state index contributed by atoms with van der Waals surface area (Å²) < 4.78 is 14.2. The van der Waals surface area contributed by atoms with Crippen LogP contribution in [0.4, 0.5) is 11.4 Å². The number of pyridine rings is 1. The first kappa shape index (κ1) is 39.8. The molecule has 0 radical (unpaired) electrons. The number of hydrogen-bond donors (Lipinski definition) is 1. The molecule has 300 valence electrons. The SMILES string of the molecule is CC(C)(C)[Si](OCC1=C2[C@@H](CC/C(=C/c3ccc(O)cc3)c3ccccn3)OC[C@@H]2[C@@H]2C(=O)N(c3cccc([N+](=O)[O-])c3)C(=O)[C@@H]2C1)(c1ccccc1)c1ccccc1. The predicted octanol–water partition coefficient (Wildman–Crippen LogP) is 8.11. The van der Waals surface area contributed by atoms with E-state index in [1.54, 1.807) is 24.4 Å². The second kappa shape index (κ2) is 16.3. The molecule has 2 aliphatic heterocycles. The van der Waals surface area contributed by atoms with Gasteiger partial charge in [0, 0.05) is 24.2 Å². The van der Waals surface area contributed by atoms with Crippen molar-refractivity contribution in [1.82, 2.24) is 4.98 Å². The fraction of sp³-hybridized carbons (Fsp3) is 0.271. The largest absolute Gasteiger partial charge is 0.508 e. The number of phenolic OH excluding ortho intramolecular Hbond substituents is 1. The number of carbonyl (C=O) groups is 2. The van der Waals surface area contributed by atoms with Gasteiger partial charge in [-0.05, 0) is 93.4 Å². The van der Waals surface area contributed by atoms with Crippen LogP contribution in [0.3, 0.4) is 0 Å². The number of rotatable bonds is 12. The van der Waals surface area contributed by atoms with Crippen molar-refractivity contribution in [2.24, 2.45) is 17.8 Å². The number of nitro benzene ring substituents is 1. The summed E-state index contributed by atoms with van der Waals surface area (Å²) in [5.74, 6) is -2.27. The number of ether oxygens (including phenoxy) is 1. The zero-order chi connectivity index (χ0) is 41.3. The van der Waals surface area contributed by atoms with Crippen molar-refractivity contribution in [3.63, 3.8) is 0 Å². The van der Waals surface area contributed by atoms with Crippen molar-refractivity contribution in [3.8, 4) is 5.75 Å². The van der Waals surface area contributed by atoms with Crippen molar-refractivity contribution < 1.29 is 28.8 Å². The number of phenols is 1. The van der Waals surface area contributed by atoms with Gasteiger partial charge in [-0.2, -0.15) is 0 Å². The molecular formula is C48H47N3O7Si. The van der Waals surface area contributed by atoms with Crippen LogP contribution in [0.1, 0.15) is 51.3 Å². The quantitative estimate of drug-likeness (QED) is 0.0440. The summed E-state index contributed by atoms with van der Waals surface area (Å²) in [6.07, 6.45) is 4.97. The fourth-order valence-corrected chi connectivity index (χ4v) is 14.0. The third-order valence-corrected chi connectivity index (χ3v) is 17.1. The molecule has 4 aromatic carbocycles. The Labute approximate surface area is 345 Å². The Bertz CT molecular complexity index is 2370. The molecule has 2 amide bonds. The third kappa shape index (κ3) is 7.57. The second-order valence-electron chi connectivity index (χ2n) is 16.6. The summed E-state index contributed by atoms with van der Waals surface area (Å²) in [4.78, 5) is 45.9. The van der Waals surface area contributed by atoms with Crippen LogP contribution in [-0.4, -0.2) is 54.5 Å². The highest BCUT2D eigenvalue weighted by Gasteiger charge is 2.58. The molecule has 10 nitrogen and oxygen atoms in total. The first-order valence-corrected chi connectivity index (χ1v) is 22.0. The van der Waals surface area contributed by atoms with E-state index in [-0.39, 0.29) is 59.2 Å². The van der Waals surface area contributed by atoms with Gasteiger partial charge in [0.1, 0.15) is 5.75 Å². The molecule has 4 atom stereocenters. The summed E-state index contributed by atoms with van der Waals surface area (Å²) in [5.41, 5.74) is 4.73. The lowest BCUT2D eigenvalue weighted by atomic mass is 9.69. The van der Waals surface area contributed by atoms with Crippen molar-refractivity contribution in [2.45, 2.75) is 51.2 Å². The Morgan fingerprint density at radius 1 is 0.898 bits per heavy atom. The van der Waals surface area contributed by atoms with Gasteiger partial charge in [-0.15, -0.1) is 0 Å². The van der Waals surface area contributed by atoms with E-state index in [9.17, 15) is 24.8 Å². The van der Waals surface area contributed by atoms with Crippen LogP contribution in [0.5, 0.6) is 5.75 Å². The zero-order valence-electron chi connectivity index (χ0n) is 33.4. The summed E-state index contributed by atoms with van der Waals surface area (Å²) >= 11 is 0. The number of hydrogen-bond acceptors (Lipinski definition) is 8. The molecule has 0 saturated carbocycles. The first-order chi connectivity index (χ1) is 28.5. The molecule has 0 bridgehead atoms. The molecule has 2 saturated heterocycles. The molecule has 1 aliphatic carbocycles. The van der Waals surface area contributed by atoms with Crippen LogP contribution < -0.4 is 15.3 Å². The number of carbonyl (C=O) groups excluding carboxylic acids is 2. The van der Waals surface area contributed by atoms with Crippen LogP contribution in [0.2, 0.25) is 5.04 Å². The number of nitrogens with zero attached hydrogens (tertiary/aromatic N) is 3. The van der Waals surface area contributed by atoms with E-state index in [2.05, 4.69) is 80.4 Å². The highest BCUT2D eigenvalue weighted by Crippen LogP contribution is 2.51. The lowest BCUT2D eigenvalue weighted by Crippen LogP contribution is -2.66. The minimum Gasteiger partial charge on any atom is -0.508 e. The van der Waals surface area contributed by atoms with Crippen molar-refractivity contribution in [1.29, 1.82) is 0 Å². The van der Waals surface area contributed by atoms with E-state index in [1.807, 2.05) is 42.5 Å². The molecular weight excluding hydrogens is 759 g/mol. The van der Waals surface area contributed by atoms with Crippen LogP contribution in [0, 0.1) is 27.9 Å². The lowest BCUT2D eigenvalue weighted by molar-refractivity contribution is -0.384. The van der Waals surface area contributed by atoms with Gasteiger partial charge in [-0.1, -0.05) is 106 Å². The number of allylic oxidation sites excluding steroid dienone is 1. The number of aromatic hydroxyl groups is 1. The average molecular weight is 806 g/mol. The van der Waals surface area contributed by atoms with E-state index in [4.69, 9.17) is 9.16 Å². The molecule has 11 heteroatoms. The standard InChI is InChI=1S/C48H47N3O7Si/c1-48(2,3)59(38-15-6-4-7-16-38,39-17-8-5-9-18-39)58-30-34-28-40-45(47(54)50(46(40)53)35-13-12-14-36(29-35)51(55)56)41-31-57-43(44(34)41)25-22-33(42-19-10-11-26-49-42)27-32-20-23-37(52)24-21-32/h4-21,23-24,26-27,29,40-41,43,45,52H,22,25,28,30-31H2,1-3H3/b33-27-/t40-,41+,43-,45-/m1/s1. The minimum absolute atomic E-state index is 0.186. The van der Waals surface area contributed by atoms with Crippen LogP contribution in [-0.2, 0) is 18.8 Å². The fourth-order valence-electron chi connectivity index (χ4n) is 9.45. The highest BCUT2D eigenvalue weighted by molar-refractivity contribution is 6.99. The second-order valence-corrected chi connectivity index (χ2v) is 20.9. The topological polar surface area (TPSA) is 132 Å². The lowest BCUT2D eigenvalue weighted by Gasteiger charge is -2.44. The molecule has 8 rings (SSSR count). The third-order valence-electron chi connectivity index (χ3n) is 12.1. The first-order valence-electron chi connectivity index (χ1n) is 20.1. The van der Waals surface area contributed by atoms with Gasteiger partial charge in [0.05, 0.1) is 47.5 Å². The minimum atomic E-state index is -3.01. The van der Waals surface area contributed by atoms with Gasteiger partial charge >= 0.3 is 0 Å². The van der Waals surface area contributed by atoms with Crippen LogP contribution >= 0.6 is 0 Å². The van der Waals surface area contributed by atoms with Gasteiger partial charge in [0.15, 0.2) is 0 Å². The Morgan fingerprint density at radius 2 is 1.58 bits per heavy atom. The Morgan fingerprint density at radius 3 is 2.20 bits per heavy atom. The van der Waals surface area contributed by atoms with Gasteiger partial charge in [-0.25, -0.2) is 4.90 Å². The summed E-state index contributed by atoms with van der Waals surface area (Å²) in [6.45, 7) is 7.19. The Kier molecular flexibility index (Phi) is 11.0. The van der Waals surface area contributed by atoms with Crippen molar-refractivity contribution >= 4 is 53.5 Å². The number of non-ortho nitro benzene ring substituents is 1. The molecule has 1 aromatic heterocycles. The molecule has 5 aromatic rings. The molecule has 2 fully saturated rings. The zero-order valence-corrected chi connectivity index (χ0v) is 34.4. The Hall–Kier alpha value is -6.01. The maximum atomic E-state index is 14.5. The average Bonchev–Trinajstić information content (AvgIpc) is 3.78. The molecule has 59 heavy (non-hydrogen) atoms. The van der Waals surface area contributed by atoms with E-state index in [1.165, 1.54) is 18.2 Å². The number of amides is 2. The maximum absolute atomic E-state index is 14.5. The van der Waals surface area contributed by atoms with Gasteiger partial charge in [-0.3, -0.25) is 24.7 Å². The van der Waals surface area contributed by atoms with E-state index < -0.39 is 25.1 Å². The molecule has 3 aliphatic rings. The van der Waals surface area contributed by atoms with Crippen LogP contribution in [0.15, 0.2) is 145 Å². The van der Waals surface area contributed by atoms with E-state index in [0.29, 0.717) is 19.3 Å². The maximum Gasteiger partial charge on any atom is 0.271 e. The Balaban J connectivity index is 1.19. The number of fused-ring (bicyclic) bond motifs is 3. The van der Waals surface area contributed by atoms with E-state index in [0.717, 1.165) is 43.3 Å². The number of aromatic nitrogens is 1. The van der Waals surface area contributed by atoms with E-state index >= 15 is 0 Å². The number of anilines is 1. The van der Waals surface area contributed by atoms with Gasteiger partial charge in [0.2, 0.25) is 11.8 Å². The monoisotopic (exact) mass is 805 g/mol. The highest BCUT2D eigenvalue weighted by atomic mass is 28.4. The molecule has 1 N–H and O–H groups in total.